The number of nitrogens with zero attached hydrogens (tertiary/aromatic N) is 3. The van der Waals surface area contributed by atoms with Crippen molar-refractivity contribution in [3.05, 3.63) is 52.9 Å². The first-order valence-corrected chi connectivity index (χ1v) is 11.4. The largest absolute Gasteiger partial charge is 0.477 e. The van der Waals surface area contributed by atoms with Crippen LogP contribution >= 0.6 is 23.5 Å². The second-order valence-corrected chi connectivity index (χ2v) is 9.04. The van der Waals surface area contributed by atoms with Crippen LogP contribution in [0.25, 0.3) is 0 Å². The fourth-order valence-corrected chi connectivity index (χ4v) is 5.76. The van der Waals surface area contributed by atoms with Crippen molar-refractivity contribution in [1.82, 2.24) is 25.6 Å². The van der Waals surface area contributed by atoms with Gasteiger partial charge < -0.3 is 15.5 Å². The van der Waals surface area contributed by atoms with Crippen LogP contribution in [-0.4, -0.2) is 71.2 Å². The Hall–Kier alpha value is -2.83. The number of carboxylic acid groups (broad SMARTS) is 1. The Bertz CT molecular complexity index is 1060. The fraction of sp³-hybridized carbons (Fsp3) is 0.316. The third-order valence-corrected chi connectivity index (χ3v) is 7.47. The first kappa shape index (κ1) is 21.4. The molecular weight excluding hydrogens is 442 g/mol. The molecule has 2 aromatic rings. The van der Waals surface area contributed by atoms with E-state index in [-0.39, 0.29) is 5.70 Å². The summed E-state index contributed by atoms with van der Waals surface area (Å²) in [4.78, 5) is 38.3. The van der Waals surface area contributed by atoms with Crippen molar-refractivity contribution in [2.75, 3.05) is 11.5 Å². The van der Waals surface area contributed by atoms with Crippen molar-refractivity contribution in [3.63, 3.8) is 0 Å². The van der Waals surface area contributed by atoms with E-state index in [0.717, 1.165) is 0 Å². The van der Waals surface area contributed by atoms with Gasteiger partial charge in [-0.05, 0) is 18.1 Å². The number of aliphatic hydroxyl groups excluding tert-OH is 1. The van der Waals surface area contributed by atoms with Crippen molar-refractivity contribution in [1.29, 1.82) is 0 Å². The van der Waals surface area contributed by atoms with E-state index < -0.39 is 35.3 Å². The van der Waals surface area contributed by atoms with Crippen LogP contribution in [0.5, 0.6) is 0 Å². The van der Waals surface area contributed by atoms with Gasteiger partial charge in [-0.15, -0.1) is 16.9 Å². The molecule has 4 N–H and O–H groups in total. The number of β-lactam (4-membered cyclic amide) rings is 1. The van der Waals surface area contributed by atoms with Crippen molar-refractivity contribution in [2.45, 2.75) is 29.5 Å². The molecule has 1 aromatic carbocycles. The number of aryl methyl sites for hydroxylation is 1. The number of thioether (sulfide) groups is 2. The number of amides is 2. The van der Waals surface area contributed by atoms with Gasteiger partial charge in [0.05, 0.1) is 5.69 Å². The SMILES string of the molecule is Cc1n[nH]nc1SCC1=C(C(=O)O)N2C(=O)C(NC(=O)C(O)c3ccccc3)[C@@H]2SC1. The summed E-state index contributed by atoms with van der Waals surface area (Å²) in [5, 5.41) is 33.1. The van der Waals surface area contributed by atoms with Crippen LogP contribution in [0.3, 0.4) is 0 Å². The average molecular weight is 462 g/mol. The third kappa shape index (κ3) is 4.05. The molecule has 2 aliphatic rings. The van der Waals surface area contributed by atoms with E-state index in [1.165, 1.54) is 28.4 Å². The Morgan fingerprint density at radius 2 is 2.10 bits per heavy atom. The monoisotopic (exact) mass is 461 g/mol. The van der Waals surface area contributed by atoms with Gasteiger partial charge >= 0.3 is 5.97 Å². The maximum absolute atomic E-state index is 12.7. The highest BCUT2D eigenvalue weighted by Gasteiger charge is 2.54. The number of carboxylic acids is 1. The predicted molar refractivity (Wildman–Crippen MR) is 113 cm³/mol. The van der Waals surface area contributed by atoms with Gasteiger partial charge in [-0.1, -0.05) is 42.1 Å². The van der Waals surface area contributed by atoms with E-state index in [1.54, 1.807) is 37.3 Å². The maximum atomic E-state index is 12.7. The number of fused-ring (bicyclic) bond motifs is 1. The number of hydrogen-bond donors (Lipinski definition) is 4. The second-order valence-electron chi connectivity index (χ2n) is 6.97. The summed E-state index contributed by atoms with van der Waals surface area (Å²) in [6.45, 7) is 1.79. The zero-order chi connectivity index (χ0) is 22.1. The van der Waals surface area contributed by atoms with Gasteiger partial charge in [-0.25, -0.2) is 4.79 Å². The van der Waals surface area contributed by atoms with Crippen molar-refractivity contribution < 1.29 is 24.6 Å². The van der Waals surface area contributed by atoms with Crippen LogP contribution in [0.2, 0.25) is 0 Å². The molecular formula is C19H19N5O5S2. The number of benzene rings is 1. The Morgan fingerprint density at radius 3 is 2.74 bits per heavy atom. The lowest BCUT2D eigenvalue weighted by molar-refractivity contribution is -0.151. The number of aliphatic carboxylic acids is 1. The molecule has 2 aliphatic heterocycles. The molecule has 10 nitrogen and oxygen atoms in total. The minimum atomic E-state index is -1.41. The van der Waals surface area contributed by atoms with Gasteiger partial charge in [-0.3, -0.25) is 14.5 Å². The molecule has 0 radical (unpaired) electrons. The number of carbonyl (C=O) groups excluding carboxylic acids is 2. The molecule has 31 heavy (non-hydrogen) atoms. The Labute approximate surface area is 185 Å². The smallest absolute Gasteiger partial charge is 0.352 e. The van der Waals surface area contributed by atoms with Gasteiger partial charge in [0.25, 0.3) is 11.8 Å². The lowest BCUT2D eigenvalue weighted by atomic mass is 10.0. The van der Waals surface area contributed by atoms with Crippen LogP contribution in [0.15, 0.2) is 46.6 Å². The van der Waals surface area contributed by atoms with E-state index in [2.05, 4.69) is 20.7 Å². The summed E-state index contributed by atoms with van der Waals surface area (Å²) in [7, 11) is 0. The number of aromatic nitrogens is 3. The summed E-state index contributed by atoms with van der Waals surface area (Å²) in [6.07, 6.45) is -1.41. The fourth-order valence-electron chi connectivity index (χ4n) is 3.38. The van der Waals surface area contributed by atoms with Crippen LogP contribution in [0.1, 0.15) is 17.4 Å². The highest BCUT2D eigenvalue weighted by atomic mass is 32.2. The van der Waals surface area contributed by atoms with E-state index in [4.69, 9.17) is 0 Å². The normalized spacial score (nSPS) is 21.4. The lowest BCUT2D eigenvalue weighted by Crippen LogP contribution is -2.70. The van der Waals surface area contributed by atoms with Gasteiger partial charge in [0.1, 0.15) is 22.1 Å². The van der Waals surface area contributed by atoms with E-state index >= 15 is 0 Å². The number of carbonyl (C=O) groups is 3. The van der Waals surface area contributed by atoms with Crippen molar-refractivity contribution in [2.24, 2.45) is 0 Å². The molecule has 0 aliphatic carbocycles. The number of rotatable bonds is 7. The Morgan fingerprint density at radius 1 is 1.35 bits per heavy atom. The lowest BCUT2D eigenvalue weighted by Gasteiger charge is -2.49. The van der Waals surface area contributed by atoms with Gasteiger partial charge in [-0.2, -0.15) is 10.3 Å². The molecule has 2 amide bonds. The summed E-state index contributed by atoms with van der Waals surface area (Å²) in [5.41, 5.74) is 1.66. The van der Waals surface area contributed by atoms with Gasteiger partial charge in [0, 0.05) is 11.5 Å². The standard InChI is InChI=1S/C19H19N5O5S2/c1-9-16(22-23-21-9)30-7-11-8-31-18-12(17(27)24(18)13(11)19(28)29)20-15(26)14(25)10-5-3-2-4-6-10/h2-6,12,14,18,25H,7-8H2,1H3,(H,20,26)(H,28,29)(H,21,22,23)/t12?,14?,18-/m0/s1. The molecule has 3 atom stereocenters. The van der Waals surface area contributed by atoms with Crippen molar-refractivity contribution >= 4 is 41.3 Å². The van der Waals surface area contributed by atoms with Gasteiger partial charge in [0.2, 0.25) is 0 Å². The molecule has 2 unspecified atom stereocenters. The topological polar surface area (TPSA) is 149 Å². The molecule has 1 aromatic heterocycles. The first-order chi connectivity index (χ1) is 14.9. The van der Waals surface area contributed by atoms with Crippen LogP contribution in [0, 0.1) is 6.92 Å². The molecule has 0 spiro atoms. The summed E-state index contributed by atoms with van der Waals surface area (Å²) < 4.78 is 0. The number of aliphatic hydroxyl groups is 1. The maximum Gasteiger partial charge on any atom is 0.352 e. The highest BCUT2D eigenvalue weighted by molar-refractivity contribution is 8.01. The summed E-state index contributed by atoms with van der Waals surface area (Å²) >= 11 is 2.72. The number of aromatic amines is 1. The number of H-pyrrole nitrogens is 1. The van der Waals surface area contributed by atoms with Crippen molar-refractivity contribution in [3.8, 4) is 0 Å². The number of nitrogens with one attached hydrogen (secondary N) is 2. The average Bonchev–Trinajstić information content (AvgIpc) is 3.19. The first-order valence-electron chi connectivity index (χ1n) is 9.32. The van der Waals surface area contributed by atoms with Crippen LogP contribution < -0.4 is 5.32 Å². The minimum Gasteiger partial charge on any atom is -0.477 e. The second kappa shape index (κ2) is 8.73. The molecule has 0 bridgehead atoms. The van der Waals surface area contributed by atoms with E-state index in [0.29, 0.717) is 33.4 Å². The zero-order valence-corrected chi connectivity index (χ0v) is 17.9. The Kier molecular flexibility index (Phi) is 6.03. The molecule has 4 rings (SSSR count). The molecule has 162 valence electrons. The zero-order valence-electron chi connectivity index (χ0n) is 16.3. The summed E-state index contributed by atoms with van der Waals surface area (Å²) in [6, 6.07) is 7.49. The van der Waals surface area contributed by atoms with Gasteiger partial charge in [0.15, 0.2) is 6.10 Å². The molecule has 0 saturated carbocycles. The Balaban J connectivity index is 1.46. The van der Waals surface area contributed by atoms with E-state index in [1.807, 2.05) is 0 Å². The number of hydrogen-bond acceptors (Lipinski definition) is 8. The molecule has 3 heterocycles. The van der Waals surface area contributed by atoms with Crippen LogP contribution in [-0.2, 0) is 14.4 Å². The third-order valence-electron chi connectivity index (χ3n) is 4.97. The van der Waals surface area contributed by atoms with Crippen LogP contribution in [0.4, 0.5) is 0 Å². The summed E-state index contributed by atoms with van der Waals surface area (Å²) in [5.74, 6) is -1.66. The quantitative estimate of drug-likeness (QED) is 0.345. The molecule has 1 saturated heterocycles. The highest BCUT2D eigenvalue weighted by Crippen LogP contribution is 2.41. The minimum absolute atomic E-state index is 0.0588. The van der Waals surface area contributed by atoms with E-state index in [9.17, 15) is 24.6 Å². The molecule has 1 fully saturated rings. The predicted octanol–water partition coefficient (Wildman–Crippen LogP) is 0.677. The molecule has 12 heteroatoms.